The maximum absolute atomic E-state index is 4.59. The molecule has 5 heteroatoms. The van der Waals surface area contributed by atoms with Gasteiger partial charge in [0.1, 0.15) is 11.5 Å². The number of hydrogen-bond donors (Lipinski definition) is 1. The summed E-state index contributed by atoms with van der Waals surface area (Å²) in [5, 5.41) is 3.11. The van der Waals surface area contributed by atoms with Gasteiger partial charge in [-0.2, -0.15) is 0 Å². The van der Waals surface area contributed by atoms with Crippen molar-refractivity contribution < 1.29 is 0 Å². The molecule has 0 atom stereocenters. The highest BCUT2D eigenvalue weighted by Gasteiger charge is 2.12. The zero-order chi connectivity index (χ0) is 13.1. The topological polar surface area (TPSA) is 50.7 Å². The average molecular weight is 354 g/mol. The molecule has 0 aromatic carbocycles. The van der Waals surface area contributed by atoms with E-state index in [2.05, 4.69) is 49.8 Å². The molecule has 0 aliphatic carbocycles. The van der Waals surface area contributed by atoms with Crippen LogP contribution in [0.2, 0.25) is 0 Å². The smallest absolute Gasteiger partial charge is 0.180 e. The van der Waals surface area contributed by atoms with E-state index in [9.17, 15) is 0 Å². The van der Waals surface area contributed by atoms with Gasteiger partial charge in [-0.05, 0) is 48.1 Å². The number of nitrogens with zero attached hydrogens (tertiary/aromatic N) is 3. The first-order chi connectivity index (χ1) is 8.65. The van der Waals surface area contributed by atoms with E-state index in [0.717, 1.165) is 32.9 Å². The number of anilines is 1. The summed E-state index contributed by atoms with van der Waals surface area (Å²) in [6.45, 7) is 4.06. The fraction of sp³-hybridized carbons (Fsp3) is 0.308. The van der Waals surface area contributed by atoms with Crippen LogP contribution in [0.15, 0.2) is 18.2 Å². The average Bonchev–Trinajstić information content (AvgIpc) is 2.39. The Morgan fingerprint density at radius 1 is 1.22 bits per heavy atom. The first-order valence-corrected chi connectivity index (χ1v) is 6.91. The van der Waals surface area contributed by atoms with Gasteiger partial charge in [-0.15, -0.1) is 0 Å². The van der Waals surface area contributed by atoms with Crippen molar-refractivity contribution >= 4 is 28.4 Å². The Morgan fingerprint density at radius 2 is 2.00 bits per heavy atom. The lowest BCUT2D eigenvalue weighted by molar-refractivity contribution is 0.981. The zero-order valence-electron chi connectivity index (χ0n) is 10.7. The summed E-state index contributed by atoms with van der Waals surface area (Å²) >= 11 is 2.28. The van der Waals surface area contributed by atoms with Gasteiger partial charge in [0, 0.05) is 12.7 Å². The van der Waals surface area contributed by atoms with Crippen molar-refractivity contribution in [2.75, 3.05) is 12.4 Å². The molecule has 0 fully saturated rings. The van der Waals surface area contributed by atoms with Crippen LogP contribution in [-0.4, -0.2) is 22.0 Å². The predicted octanol–water partition coefficient (Wildman–Crippen LogP) is 3.06. The van der Waals surface area contributed by atoms with Gasteiger partial charge in [-0.1, -0.05) is 13.0 Å². The summed E-state index contributed by atoms with van der Waals surface area (Å²) in [7, 11) is 1.87. The summed E-state index contributed by atoms with van der Waals surface area (Å²) < 4.78 is 1.08. The second-order valence-electron chi connectivity index (χ2n) is 3.92. The first kappa shape index (κ1) is 13.2. The van der Waals surface area contributed by atoms with Crippen LogP contribution in [0.3, 0.4) is 0 Å². The predicted molar refractivity (Wildman–Crippen MR) is 81.6 cm³/mol. The van der Waals surface area contributed by atoms with Crippen LogP contribution in [0.5, 0.6) is 0 Å². The van der Waals surface area contributed by atoms with Gasteiger partial charge in [-0.3, -0.25) is 0 Å². The molecule has 0 bridgehead atoms. The third-order valence-corrected chi connectivity index (χ3v) is 3.74. The Labute approximate surface area is 120 Å². The first-order valence-electron chi connectivity index (χ1n) is 5.84. The Bertz CT molecular complexity index is 544. The highest BCUT2D eigenvalue weighted by molar-refractivity contribution is 14.1. The monoisotopic (exact) mass is 354 g/mol. The SMILES string of the molecule is CCc1nc(-c2cccc(C)n2)nc(NC)c1I. The number of aromatic nitrogens is 3. The number of aryl methyl sites for hydroxylation is 2. The van der Waals surface area contributed by atoms with Gasteiger partial charge in [0.15, 0.2) is 5.82 Å². The van der Waals surface area contributed by atoms with E-state index < -0.39 is 0 Å². The van der Waals surface area contributed by atoms with Gasteiger partial charge >= 0.3 is 0 Å². The second kappa shape index (κ2) is 5.60. The Kier molecular flexibility index (Phi) is 4.11. The lowest BCUT2D eigenvalue weighted by Gasteiger charge is -2.09. The molecule has 0 saturated carbocycles. The third-order valence-electron chi connectivity index (χ3n) is 2.61. The molecule has 2 aromatic rings. The second-order valence-corrected chi connectivity index (χ2v) is 5.00. The molecule has 0 saturated heterocycles. The molecule has 2 rings (SSSR count). The van der Waals surface area contributed by atoms with E-state index in [1.54, 1.807) is 0 Å². The quantitative estimate of drug-likeness (QED) is 0.861. The lowest BCUT2D eigenvalue weighted by Crippen LogP contribution is -2.05. The van der Waals surface area contributed by atoms with E-state index in [4.69, 9.17) is 0 Å². The number of hydrogen-bond acceptors (Lipinski definition) is 4. The molecule has 2 heterocycles. The number of nitrogens with one attached hydrogen (secondary N) is 1. The summed E-state index contributed by atoms with van der Waals surface area (Å²) in [6.07, 6.45) is 0.883. The lowest BCUT2D eigenvalue weighted by atomic mass is 10.2. The van der Waals surface area contributed by atoms with Gasteiger partial charge in [-0.25, -0.2) is 15.0 Å². The number of pyridine rings is 1. The highest BCUT2D eigenvalue weighted by atomic mass is 127. The molecule has 0 spiro atoms. The maximum Gasteiger partial charge on any atom is 0.180 e. The summed E-state index contributed by atoms with van der Waals surface area (Å²) in [4.78, 5) is 13.6. The van der Waals surface area contributed by atoms with Crippen molar-refractivity contribution in [2.24, 2.45) is 0 Å². The standard InChI is InChI=1S/C13H15IN4/c1-4-9-11(14)13(15-3)18-12(17-9)10-7-5-6-8(2)16-10/h5-7H,4H2,1-3H3,(H,15,17,18). The van der Waals surface area contributed by atoms with Crippen LogP contribution < -0.4 is 5.32 Å². The van der Waals surface area contributed by atoms with Crippen molar-refractivity contribution in [3.05, 3.63) is 33.2 Å². The molecule has 94 valence electrons. The third kappa shape index (κ3) is 2.60. The molecular weight excluding hydrogens is 339 g/mol. The van der Waals surface area contributed by atoms with Crippen molar-refractivity contribution in [1.29, 1.82) is 0 Å². The van der Waals surface area contributed by atoms with Gasteiger partial charge < -0.3 is 5.32 Å². The largest absolute Gasteiger partial charge is 0.372 e. The summed E-state index contributed by atoms with van der Waals surface area (Å²) in [5.41, 5.74) is 2.84. The fourth-order valence-electron chi connectivity index (χ4n) is 1.68. The van der Waals surface area contributed by atoms with Crippen molar-refractivity contribution in [3.63, 3.8) is 0 Å². The Hall–Kier alpha value is -1.24. The van der Waals surface area contributed by atoms with Crippen LogP contribution in [0.1, 0.15) is 18.3 Å². The van der Waals surface area contributed by atoms with Crippen molar-refractivity contribution in [2.45, 2.75) is 20.3 Å². The molecule has 4 nitrogen and oxygen atoms in total. The minimum atomic E-state index is 0.681. The maximum atomic E-state index is 4.59. The van der Waals surface area contributed by atoms with Gasteiger partial charge in [0.25, 0.3) is 0 Å². The highest BCUT2D eigenvalue weighted by Crippen LogP contribution is 2.23. The molecule has 0 aliphatic heterocycles. The Balaban J connectivity index is 2.58. The molecule has 2 aromatic heterocycles. The summed E-state index contributed by atoms with van der Waals surface area (Å²) in [6, 6.07) is 5.88. The molecule has 0 radical (unpaired) electrons. The van der Waals surface area contributed by atoms with E-state index in [1.807, 2.05) is 32.2 Å². The van der Waals surface area contributed by atoms with Crippen molar-refractivity contribution in [1.82, 2.24) is 15.0 Å². The zero-order valence-corrected chi connectivity index (χ0v) is 12.8. The fourth-order valence-corrected chi connectivity index (χ4v) is 2.57. The molecule has 18 heavy (non-hydrogen) atoms. The normalized spacial score (nSPS) is 10.4. The Morgan fingerprint density at radius 3 is 2.61 bits per heavy atom. The van der Waals surface area contributed by atoms with E-state index >= 15 is 0 Å². The van der Waals surface area contributed by atoms with Crippen LogP contribution >= 0.6 is 22.6 Å². The van der Waals surface area contributed by atoms with Crippen LogP contribution in [0.4, 0.5) is 5.82 Å². The minimum Gasteiger partial charge on any atom is -0.372 e. The molecule has 1 N–H and O–H groups in total. The van der Waals surface area contributed by atoms with Gasteiger partial charge in [0.2, 0.25) is 0 Å². The van der Waals surface area contributed by atoms with E-state index in [0.29, 0.717) is 5.82 Å². The number of rotatable bonds is 3. The minimum absolute atomic E-state index is 0.681. The molecule has 0 unspecified atom stereocenters. The van der Waals surface area contributed by atoms with E-state index in [-0.39, 0.29) is 0 Å². The van der Waals surface area contributed by atoms with Crippen molar-refractivity contribution in [3.8, 4) is 11.5 Å². The number of halogens is 1. The van der Waals surface area contributed by atoms with Crippen LogP contribution in [-0.2, 0) is 6.42 Å². The van der Waals surface area contributed by atoms with Crippen LogP contribution in [0, 0.1) is 10.5 Å². The molecular formula is C13H15IN4. The summed E-state index contributed by atoms with van der Waals surface area (Å²) in [5.74, 6) is 1.54. The molecule has 0 aliphatic rings. The van der Waals surface area contributed by atoms with E-state index in [1.165, 1.54) is 0 Å². The van der Waals surface area contributed by atoms with Gasteiger partial charge in [0.05, 0.1) is 9.26 Å². The van der Waals surface area contributed by atoms with Crippen LogP contribution in [0.25, 0.3) is 11.5 Å². The molecule has 0 amide bonds.